The molecule has 19 heavy (non-hydrogen) atoms. The first-order valence-corrected chi connectivity index (χ1v) is 6.90. The second-order valence-electron chi connectivity index (χ2n) is 5.29. The summed E-state index contributed by atoms with van der Waals surface area (Å²) in [6.45, 7) is 3.36. The third-order valence-corrected chi connectivity index (χ3v) is 3.50. The first kappa shape index (κ1) is 13.7. The van der Waals surface area contributed by atoms with Crippen molar-refractivity contribution in [3.63, 3.8) is 0 Å². The molecule has 1 fully saturated rings. The molecule has 1 aliphatic rings. The van der Waals surface area contributed by atoms with E-state index >= 15 is 0 Å². The summed E-state index contributed by atoms with van der Waals surface area (Å²) in [6, 6.07) is 7.23. The second-order valence-corrected chi connectivity index (χ2v) is 5.29. The lowest BCUT2D eigenvalue weighted by molar-refractivity contribution is -0.121. The van der Waals surface area contributed by atoms with Gasteiger partial charge < -0.3 is 15.8 Å². The van der Waals surface area contributed by atoms with E-state index in [1.807, 2.05) is 12.1 Å². The number of nitrogens with one attached hydrogen (secondary N) is 1. The van der Waals surface area contributed by atoms with Crippen LogP contribution in [-0.2, 0) is 4.79 Å². The van der Waals surface area contributed by atoms with E-state index in [9.17, 15) is 4.79 Å². The zero-order valence-corrected chi connectivity index (χ0v) is 11.4. The van der Waals surface area contributed by atoms with E-state index in [1.54, 1.807) is 12.1 Å². The number of carbonyl (C=O) groups is 1. The number of hydrogen-bond donors (Lipinski definition) is 2. The summed E-state index contributed by atoms with van der Waals surface area (Å²) in [6.07, 6.45) is 3.01. The molecular formula is C15H22N2O2. The van der Waals surface area contributed by atoms with Gasteiger partial charge >= 0.3 is 0 Å². The SMILES string of the molecule is CC(CNC(=O)CCOc1cccc(N)c1)C1CC1. The minimum absolute atomic E-state index is 0.0522. The molecule has 0 saturated heterocycles. The van der Waals surface area contributed by atoms with Crippen LogP contribution in [0.1, 0.15) is 26.2 Å². The predicted molar refractivity (Wildman–Crippen MR) is 75.9 cm³/mol. The van der Waals surface area contributed by atoms with Gasteiger partial charge in [-0.15, -0.1) is 0 Å². The van der Waals surface area contributed by atoms with Gasteiger partial charge in [0.25, 0.3) is 0 Å². The van der Waals surface area contributed by atoms with Crippen LogP contribution >= 0.6 is 0 Å². The maximum atomic E-state index is 11.6. The lowest BCUT2D eigenvalue weighted by atomic mass is 10.1. The van der Waals surface area contributed by atoms with Crippen LogP contribution in [0.5, 0.6) is 5.75 Å². The highest BCUT2D eigenvalue weighted by Gasteiger charge is 2.27. The minimum Gasteiger partial charge on any atom is -0.493 e. The van der Waals surface area contributed by atoms with Gasteiger partial charge in [-0.25, -0.2) is 0 Å². The summed E-state index contributed by atoms with van der Waals surface area (Å²) in [4.78, 5) is 11.6. The fraction of sp³-hybridized carbons (Fsp3) is 0.533. The monoisotopic (exact) mass is 262 g/mol. The van der Waals surface area contributed by atoms with Gasteiger partial charge in [-0.3, -0.25) is 4.79 Å². The number of ether oxygens (including phenoxy) is 1. The van der Waals surface area contributed by atoms with Crippen LogP contribution in [0.2, 0.25) is 0 Å². The van der Waals surface area contributed by atoms with Gasteiger partial charge in [-0.05, 0) is 36.8 Å². The molecular weight excluding hydrogens is 240 g/mol. The number of benzene rings is 1. The van der Waals surface area contributed by atoms with Crippen molar-refractivity contribution in [1.82, 2.24) is 5.32 Å². The lowest BCUT2D eigenvalue weighted by Gasteiger charge is -2.11. The summed E-state index contributed by atoms with van der Waals surface area (Å²) in [5, 5.41) is 2.96. The molecule has 0 aliphatic heterocycles. The summed E-state index contributed by atoms with van der Waals surface area (Å²) < 4.78 is 5.48. The van der Waals surface area contributed by atoms with E-state index in [1.165, 1.54) is 12.8 Å². The highest BCUT2D eigenvalue weighted by atomic mass is 16.5. The van der Waals surface area contributed by atoms with Crippen LogP contribution < -0.4 is 15.8 Å². The molecule has 0 spiro atoms. The fourth-order valence-corrected chi connectivity index (χ4v) is 2.06. The van der Waals surface area contributed by atoms with Gasteiger partial charge in [0, 0.05) is 18.3 Å². The largest absolute Gasteiger partial charge is 0.493 e. The molecule has 0 heterocycles. The van der Waals surface area contributed by atoms with Crippen molar-refractivity contribution < 1.29 is 9.53 Å². The Morgan fingerprint density at radius 3 is 3.00 bits per heavy atom. The van der Waals surface area contributed by atoms with Crippen molar-refractivity contribution in [2.24, 2.45) is 11.8 Å². The summed E-state index contributed by atoms with van der Waals surface area (Å²) >= 11 is 0. The van der Waals surface area contributed by atoms with E-state index in [2.05, 4.69) is 12.2 Å². The lowest BCUT2D eigenvalue weighted by Crippen LogP contribution is -2.29. The molecule has 0 bridgehead atoms. The van der Waals surface area contributed by atoms with Crippen LogP contribution in [0.3, 0.4) is 0 Å². The highest BCUT2D eigenvalue weighted by Crippen LogP contribution is 2.36. The molecule has 1 aromatic carbocycles. The molecule has 1 aliphatic carbocycles. The van der Waals surface area contributed by atoms with Crippen molar-refractivity contribution in [2.45, 2.75) is 26.2 Å². The number of nitrogens with two attached hydrogens (primary N) is 1. The van der Waals surface area contributed by atoms with E-state index in [-0.39, 0.29) is 5.91 Å². The third-order valence-electron chi connectivity index (χ3n) is 3.50. The minimum atomic E-state index is 0.0522. The zero-order chi connectivity index (χ0) is 13.7. The number of anilines is 1. The van der Waals surface area contributed by atoms with E-state index < -0.39 is 0 Å². The Balaban J connectivity index is 1.60. The highest BCUT2D eigenvalue weighted by molar-refractivity contribution is 5.76. The normalized spacial score (nSPS) is 15.8. The van der Waals surface area contributed by atoms with E-state index in [0.717, 1.165) is 12.5 Å². The predicted octanol–water partition coefficient (Wildman–Crippen LogP) is 2.20. The quantitative estimate of drug-likeness (QED) is 0.740. The zero-order valence-electron chi connectivity index (χ0n) is 11.4. The van der Waals surface area contributed by atoms with Crippen molar-refractivity contribution in [2.75, 3.05) is 18.9 Å². The molecule has 4 heteroatoms. The third kappa shape index (κ3) is 4.81. The molecule has 0 radical (unpaired) electrons. The fourth-order valence-electron chi connectivity index (χ4n) is 2.06. The average Bonchev–Trinajstić information content (AvgIpc) is 3.20. The molecule has 1 atom stereocenters. The van der Waals surface area contributed by atoms with Gasteiger partial charge in [0.1, 0.15) is 5.75 Å². The topological polar surface area (TPSA) is 64.3 Å². The summed E-state index contributed by atoms with van der Waals surface area (Å²) in [7, 11) is 0. The average molecular weight is 262 g/mol. The number of rotatable bonds is 7. The van der Waals surface area contributed by atoms with Crippen molar-refractivity contribution >= 4 is 11.6 Å². The molecule has 1 aromatic rings. The van der Waals surface area contributed by atoms with Gasteiger partial charge in [0.2, 0.25) is 5.91 Å². The smallest absolute Gasteiger partial charge is 0.223 e. The Bertz CT molecular complexity index is 430. The van der Waals surface area contributed by atoms with E-state index in [4.69, 9.17) is 10.5 Å². The van der Waals surface area contributed by atoms with Crippen LogP contribution in [0.15, 0.2) is 24.3 Å². The maximum Gasteiger partial charge on any atom is 0.223 e. The summed E-state index contributed by atoms with van der Waals surface area (Å²) in [5.74, 6) is 2.18. The Labute approximate surface area is 114 Å². The molecule has 3 N–H and O–H groups in total. The van der Waals surface area contributed by atoms with Crippen molar-refractivity contribution in [3.05, 3.63) is 24.3 Å². The molecule has 4 nitrogen and oxygen atoms in total. The molecule has 0 aromatic heterocycles. The van der Waals surface area contributed by atoms with Crippen molar-refractivity contribution in [1.29, 1.82) is 0 Å². The van der Waals surface area contributed by atoms with Crippen LogP contribution in [0, 0.1) is 11.8 Å². The Kier molecular flexibility index (Phi) is 4.66. The number of carbonyl (C=O) groups excluding carboxylic acids is 1. The molecule has 104 valence electrons. The first-order valence-electron chi connectivity index (χ1n) is 6.90. The number of hydrogen-bond acceptors (Lipinski definition) is 3. The van der Waals surface area contributed by atoms with E-state index in [0.29, 0.717) is 30.4 Å². The van der Waals surface area contributed by atoms with Crippen LogP contribution in [0.4, 0.5) is 5.69 Å². The Morgan fingerprint density at radius 1 is 1.53 bits per heavy atom. The Morgan fingerprint density at radius 2 is 2.32 bits per heavy atom. The van der Waals surface area contributed by atoms with Crippen LogP contribution in [-0.4, -0.2) is 19.1 Å². The molecule has 2 rings (SSSR count). The van der Waals surface area contributed by atoms with Crippen LogP contribution in [0.25, 0.3) is 0 Å². The molecule has 1 unspecified atom stereocenters. The number of amides is 1. The number of nitrogen functional groups attached to an aromatic ring is 1. The summed E-state index contributed by atoms with van der Waals surface area (Å²) in [5.41, 5.74) is 6.31. The van der Waals surface area contributed by atoms with Crippen molar-refractivity contribution in [3.8, 4) is 5.75 Å². The molecule has 1 saturated carbocycles. The van der Waals surface area contributed by atoms with Gasteiger partial charge in [-0.2, -0.15) is 0 Å². The van der Waals surface area contributed by atoms with Gasteiger partial charge in [0.05, 0.1) is 13.0 Å². The second kappa shape index (κ2) is 6.45. The van der Waals surface area contributed by atoms with Gasteiger partial charge in [0.15, 0.2) is 0 Å². The molecule has 1 amide bonds. The Hall–Kier alpha value is -1.71. The maximum absolute atomic E-state index is 11.6. The first-order chi connectivity index (χ1) is 9.15. The standard InChI is InChI=1S/C15H22N2O2/c1-11(12-5-6-12)10-17-15(18)7-8-19-14-4-2-3-13(16)9-14/h2-4,9,11-12H,5-8,10,16H2,1H3,(H,17,18). The van der Waals surface area contributed by atoms with Gasteiger partial charge in [-0.1, -0.05) is 13.0 Å².